The van der Waals surface area contributed by atoms with Crippen molar-refractivity contribution in [1.29, 1.82) is 0 Å². The number of carbonyl (C=O) groups is 2. The molecule has 1 aliphatic carbocycles. The predicted molar refractivity (Wildman–Crippen MR) is 107 cm³/mol. The standard InChI is InChI=1S/C22H21N3O3/c1-28-20-10-14(8-9-23-20)13-24-22(27)18-11-16-4-2-3-5-17(16)12-19(18)25-21(26)15-6-7-15/h2-5,8-12,15H,6-7,13H2,1H3,(H,24,27)(H,25,26). The number of hydrogen-bond donors (Lipinski definition) is 2. The van der Waals surface area contributed by atoms with Gasteiger partial charge in [-0.05, 0) is 47.4 Å². The summed E-state index contributed by atoms with van der Waals surface area (Å²) in [6.07, 6.45) is 3.45. The van der Waals surface area contributed by atoms with Crippen LogP contribution in [0.25, 0.3) is 10.8 Å². The third-order valence-corrected chi connectivity index (χ3v) is 4.80. The lowest BCUT2D eigenvalue weighted by molar-refractivity contribution is -0.117. The number of rotatable bonds is 6. The normalized spacial score (nSPS) is 13.2. The first kappa shape index (κ1) is 18.0. The second-order valence-electron chi connectivity index (χ2n) is 6.90. The largest absolute Gasteiger partial charge is 0.481 e. The van der Waals surface area contributed by atoms with E-state index >= 15 is 0 Å². The van der Waals surface area contributed by atoms with E-state index in [2.05, 4.69) is 15.6 Å². The summed E-state index contributed by atoms with van der Waals surface area (Å²) in [5.41, 5.74) is 1.87. The van der Waals surface area contributed by atoms with Gasteiger partial charge in [0.05, 0.1) is 18.4 Å². The Morgan fingerprint density at radius 3 is 2.57 bits per heavy atom. The van der Waals surface area contributed by atoms with Crippen LogP contribution in [0.1, 0.15) is 28.8 Å². The van der Waals surface area contributed by atoms with E-state index in [-0.39, 0.29) is 17.7 Å². The summed E-state index contributed by atoms with van der Waals surface area (Å²) in [6.45, 7) is 0.334. The quantitative estimate of drug-likeness (QED) is 0.691. The molecule has 0 saturated heterocycles. The maximum absolute atomic E-state index is 12.9. The molecular weight excluding hydrogens is 354 g/mol. The number of nitrogens with zero attached hydrogens (tertiary/aromatic N) is 1. The molecule has 0 bridgehead atoms. The zero-order valence-corrected chi connectivity index (χ0v) is 15.6. The van der Waals surface area contributed by atoms with Gasteiger partial charge in [-0.25, -0.2) is 4.98 Å². The molecule has 1 heterocycles. The number of benzene rings is 2. The molecule has 6 heteroatoms. The number of pyridine rings is 1. The molecule has 142 valence electrons. The Labute approximate surface area is 162 Å². The number of aromatic nitrogens is 1. The van der Waals surface area contributed by atoms with Crippen molar-refractivity contribution >= 4 is 28.3 Å². The molecule has 28 heavy (non-hydrogen) atoms. The molecule has 0 radical (unpaired) electrons. The van der Waals surface area contributed by atoms with Crippen molar-refractivity contribution in [2.75, 3.05) is 12.4 Å². The molecule has 4 rings (SSSR count). The summed E-state index contributed by atoms with van der Waals surface area (Å²) in [6, 6.07) is 15.1. The fraction of sp³-hybridized carbons (Fsp3) is 0.227. The number of anilines is 1. The van der Waals surface area contributed by atoms with Gasteiger partial charge in [0, 0.05) is 24.7 Å². The molecule has 2 amide bonds. The minimum absolute atomic E-state index is 0.0248. The van der Waals surface area contributed by atoms with E-state index in [0.717, 1.165) is 29.2 Å². The van der Waals surface area contributed by atoms with E-state index in [1.165, 1.54) is 0 Å². The highest BCUT2D eigenvalue weighted by Gasteiger charge is 2.30. The highest BCUT2D eigenvalue weighted by Crippen LogP contribution is 2.32. The fourth-order valence-corrected chi connectivity index (χ4v) is 3.06. The molecule has 1 fully saturated rings. The maximum atomic E-state index is 12.9. The predicted octanol–water partition coefficient (Wildman–Crippen LogP) is 3.52. The Balaban J connectivity index is 1.59. The number of methoxy groups -OCH3 is 1. The summed E-state index contributed by atoms with van der Waals surface area (Å²) in [7, 11) is 1.55. The zero-order valence-electron chi connectivity index (χ0n) is 15.6. The summed E-state index contributed by atoms with van der Waals surface area (Å²) in [4.78, 5) is 29.2. The van der Waals surface area contributed by atoms with Gasteiger partial charge >= 0.3 is 0 Å². The highest BCUT2D eigenvalue weighted by atomic mass is 16.5. The van der Waals surface area contributed by atoms with E-state index in [0.29, 0.717) is 23.7 Å². The molecule has 0 aliphatic heterocycles. The monoisotopic (exact) mass is 375 g/mol. The van der Waals surface area contributed by atoms with Gasteiger partial charge in [0.15, 0.2) is 0 Å². The Kier molecular flexibility index (Phi) is 4.93. The Bertz CT molecular complexity index is 1040. The zero-order chi connectivity index (χ0) is 19.5. The topological polar surface area (TPSA) is 80.3 Å². The second-order valence-corrected chi connectivity index (χ2v) is 6.90. The van der Waals surface area contributed by atoms with Crippen molar-refractivity contribution < 1.29 is 14.3 Å². The number of fused-ring (bicyclic) bond motifs is 1. The number of carbonyl (C=O) groups excluding carboxylic acids is 2. The molecule has 6 nitrogen and oxygen atoms in total. The summed E-state index contributed by atoms with van der Waals surface area (Å²) in [5, 5.41) is 7.77. The minimum Gasteiger partial charge on any atom is -0.481 e. The van der Waals surface area contributed by atoms with Gasteiger partial charge in [-0.2, -0.15) is 0 Å². The maximum Gasteiger partial charge on any atom is 0.253 e. The van der Waals surface area contributed by atoms with Crippen LogP contribution in [0.2, 0.25) is 0 Å². The van der Waals surface area contributed by atoms with Crippen LogP contribution in [0.15, 0.2) is 54.7 Å². The minimum atomic E-state index is -0.243. The molecule has 0 atom stereocenters. The number of ether oxygens (including phenoxy) is 1. The molecule has 1 aliphatic rings. The van der Waals surface area contributed by atoms with Gasteiger partial charge in [-0.3, -0.25) is 9.59 Å². The van der Waals surface area contributed by atoms with Crippen molar-refractivity contribution in [3.05, 3.63) is 65.9 Å². The van der Waals surface area contributed by atoms with E-state index in [4.69, 9.17) is 4.74 Å². The third-order valence-electron chi connectivity index (χ3n) is 4.80. The van der Waals surface area contributed by atoms with E-state index < -0.39 is 0 Å². The smallest absolute Gasteiger partial charge is 0.253 e. The van der Waals surface area contributed by atoms with E-state index in [1.54, 1.807) is 19.4 Å². The third kappa shape index (κ3) is 3.96. The van der Waals surface area contributed by atoms with Crippen LogP contribution in [0, 0.1) is 5.92 Å². The van der Waals surface area contributed by atoms with Crippen molar-refractivity contribution in [2.24, 2.45) is 5.92 Å². The fourth-order valence-electron chi connectivity index (χ4n) is 3.06. The SMILES string of the molecule is COc1cc(CNC(=O)c2cc3ccccc3cc2NC(=O)C2CC2)ccn1. The molecular formula is C22H21N3O3. The van der Waals surface area contributed by atoms with Crippen LogP contribution in [0.4, 0.5) is 5.69 Å². The first-order valence-corrected chi connectivity index (χ1v) is 9.25. The molecule has 3 aromatic rings. The Morgan fingerprint density at radius 2 is 1.86 bits per heavy atom. The first-order valence-electron chi connectivity index (χ1n) is 9.25. The molecule has 1 saturated carbocycles. The average Bonchev–Trinajstić information content (AvgIpc) is 3.57. The lowest BCUT2D eigenvalue weighted by Crippen LogP contribution is -2.25. The molecule has 1 aromatic heterocycles. The van der Waals surface area contributed by atoms with Crippen LogP contribution in [0.5, 0.6) is 5.88 Å². The van der Waals surface area contributed by atoms with Crippen molar-refractivity contribution in [2.45, 2.75) is 19.4 Å². The van der Waals surface area contributed by atoms with Crippen LogP contribution < -0.4 is 15.4 Å². The molecule has 2 aromatic carbocycles. The molecule has 0 spiro atoms. The van der Waals surface area contributed by atoms with Gasteiger partial charge in [0.1, 0.15) is 0 Å². The van der Waals surface area contributed by atoms with Gasteiger partial charge in [-0.15, -0.1) is 0 Å². The van der Waals surface area contributed by atoms with Gasteiger partial charge in [-0.1, -0.05) is 24.3 Å². The molecule has 2 N–H and O–H groups in total. The van der Waals surface area contributed by atoms with Crippen LogP contribution in [0.3, 0.4) is 0 Å². The second kappa shape index (κ2) is 7.68. The van der Waals surface area contributed by atoms with Crippen molar-refractivity contribution in [1.82, 2.24) is 10.3 Å². The van der Waals surface area contributed by atoms with Gasteiger partial charge in [0.2, 0.25) is 11.8 Å². The first-order chi connectivity index (χ1) is 13.6. The summed E-state index contributed by atoms with van der Waals surface area (Å²) < 4.78 is 5.11. The van der Waals surface area contributed by atoms with E-state index in [9.17, 15) is 9.59 Å². The van der Waals surface area contributed by atoms with E-state index in [1.807, 2.05) is 42.5 Å². The number of hydrogen-bond acceptors (Lipinski definition) is 4. The van der Waals surface area contributed by atoms with Crippen LogP contribution in [-0.2, 0) is 11.3 Å². The number of nitrogens with one attached hydrogen (secondary N) is 2. The lowest BCUT2D eigenvalue weighted by Gasteiger charge is -2.13. The van der Waals surface area contributed by atoms with Gasteiger partial charge < -0.3 is 15.4 Å². The van der Waals surface area contributed by atoms with Crippen LogP contribution >= 0.6 is 0 Å². The Morgan fingerprint density at radius 1 is 1.11 bits per heavy atom. The highest BCUT2D eigenvalue weighted by molar-refractivity contribution is 6.08. The van der Waals surface area contributed by atoms with Crippen molar-refractivity contribution in [3.8, 4) is 5.88 Å². The summed E-state index contributed by atoms with van der Waals surface area (Å²) >= 11 is 0. The molecule has 0 unspecified atom stereocenters. The van der Waals surface area contributed by atoms with Gasteiger partial charge in [0.25, 0.3) is 5.91 Å². The average molecular weight is 375 g/mol. The Hall–Kier alpha value is -3.41. The number of amides is 2. The lowest BCUT2D eigenvalue weighted by atomic mass is 10.0. The van der Waals surface area contributed by atoms with Crippen molar-refractivity contribution in [3.63, 3.8) is 0 Å². The van der Waals surface area contributed by atoms with Crippen LogP contribution in [-0.4, -0.2) is 23.9 Å². The summed E-state index contributed by atoms with van der Waals surface area (Å²) in [5.74, 6) is 0.289.